The molecule has 0 aliphatic heterocycles. The van der Waals surface area contributed by atoms with Gasteiger partial charge in [-0.05, 0) is 40.0 Å². The molecule has 0 radical (unpaired) electrons. The van der Waals surface area contributed by atoms with Gasteiger partial charge in [-0.2, -0.15) is 0 Å². The average Bonchev–Trinajstić information content (AvgIpc) is 2.49. The lowest BCUT2D eigenvalue weighted by Gasteiger charge is -2.19. The molecule has 0 saturated carbocycles. The zero-order chi connectivity index (χ0) is 15.2. The molecule has 1 aromatic carbocycles. The maximum atomic E-state index is 10.9. The Hall–Kier alpha value is -1.95. The second kappa shape index (κ2) is 7.17. The fourth-order valence-electron chi connectivity index (χ4n) is 2.13. The second-order valence-corrected chi connectivity index (χ2v) is 5.52. The van der Waals surface area contributed by atoms with Gasteiger partial charge < -0.3 is 5.32 Å². The van der Waals surface area contributed by atoms with E-state index in [1.807, 2.05) is 18.2 Å². The highest BCUT2D eigenvalue weighted by Crippen LogP contribution is 2.26. The van der Waals surface area contributed by atoms with Crippen molar-refractivity contribution in [1.82, 2.24) is 4.98 Å². The molecule has 5 nitrogen and oxygen atoms in total. The molecule has 21 heavy (non-hydrogen) atoms. The standard InChI is InChI=1S/C15H16BrN3O2/c1-2-4-14(18-12-7-8-15(16)17-10-12)11-5-3-6-13(9-11)19(20)21/h3,5-10,14,18H,2,4H2,1H3. The summed E-state index contributed by atoms with van der Waals surface area (Å²) in [4.78, 5) is 14.7. The maximum Gasteiger partial charge on any atom is 0.269 e. The number of hydrogen-bond acceptors (Lipinski definition) is 4. The van der Waals surface area contributed by atoms with Crippen LogP contribution in [-0.2, 0) is 0 Å². The summed E-state index contributed by atoms with van der Waals surface area (Å²) >= 11 is 3.30. The van der Waals surface area contributed by atoms with E-state index in [9.17, 15) is 10.1 Å². The van der Waals surface area contributed by atoms with Gasteiger partial charge in [0, 0.05) is 12.1 Å². The fourth-order valence-corrected chi connectivity index (χ4v) is 2.36. The van der Waals surface area contributed by atoms with E-state index < -0.39 is 0 Å². The number of benzene rings is 1. The molecule has 1 atom stereocenters. The Morgan fingerprint density at radius 3 is 2.81 bits per heavy atom. The van der Waals surface area contributed by atoms with Crippen LogP contribution >= 0.6 is 15.9 Å². The molecular weight excluding hydrogens is 334 g/mol. The van der Waals surface area contributed by atoms with Crippen molar-refractivity contribution >= 4 is 27.3 Å². The van der Waals surface area contributed by atoms with Crippen LogP contribution in [0.3, 0.4) is 0 Å². The number of rotatable bonds is 6. The number of nitrogens with one attached hydrogen (secondary N) is 1. The molecule has 1 unspecified atom stereocenters. The van der Waals surface area contributed by atoms with Gasteiger partial charge in [0.15, 0.2) is 0 Å². The predicted octanol–water partition coefficient (Wildman–Crippen LogP) is 4.71. The van der Waals surface area contributed by atoms with E-state index >= 15 is 0 Å². The summed E-state index contributed by atoms with van der Waals surface area (Å²) in [5.41, 5.74) is 1.92. The van der Waals surface area contributed by atoms with Crippen LogP contribution < -0.4 is 5.32 Å². The smallest absolute Gasteiger partial charge is 0.269 e. The average molecular weight is 350 g/mol. The molecule has 2 aromatic rings. The number of halogens is 1. The van der Waals surface area contributed by atoms with E-state index in [1.165, 1.54) is 6.07 Å². The minimum Gasteiger partial charge on any atom is -0.377 e. The van der Waals surface area contributed by atoms with Crippen molar-refractivity contribution in [2.24, 2.45) is 0 Å². The van der Waals surface area contributed by atoms with Crippen molar-refractivity contribution in [3.8, 4) is 0 Å². The zero-order valence-electron chi connectivity index (χ0n) is 11.6. The molecule has 0 aliphatic carbocycles. The number of nitrogens with zero attached hydrogens (tertiary/aromatic N) is 2. The molecule has 1 heterocycles. The molecular formula is C15H16BrN3O2. The summed E-state index contributed by atoms with van der Waals surface area (Å²) in [6.45, 7) is 2.09. The van der Waals surface area contributed by atoms with E-state index in [1.54, 1.807) is 18.3 Å². The Morgan fingerprint density at radius 2 is 2.19 bits per heavy atom. The van der Waals surface area contributed by atoms with Crippen LogP contribution in [-0.4, -0.2) is 9.91 Å². The van der Waals surface area contributed by atoms with Crippen LogP contribution in [0.15, 0.2) is 47.2 Å². The van der Waals surface area contributed by atoms with Crippen molar-refractivity contribution in [3.63, 3.8) is 0 Å². The van der Waals surface area contributed by atoms with Gasteiger partial charge in [-0.25, -0.2) is 4.98 Å². The molecule has 0 bridgehead atoms. The van der Waals surface area contributed by atoms with E-state index in [2.05, 4.69) is 33.2 Å². The number of aromatic nitrogens is 1. The van der Waals surface area contributed by atoms with Crippen LogP contribution in [0.5, 0.6) is 0 Å². The molecule has 1 aromatic heterocycles. The SMILES string of the molecule is CCCC(Nc1ccc(Br)nc1)c1cccc([N+](=O)[O-])c1. The Morgan fingerprint density at radius 1 is 1.38 bits per heavy atom. The molecule has 0 aliphatic rings. The molecule has 2 rings (SSSR count). The number of hydrogen-bond donors (Lipinski definition) is 1. The second-order valence-electron chi connectivity index (χ2n) is 4.71. The first-order valence-corrected chi connectivity index (χ1v) is 7.52. The van der Waals surface area contributed by atoms with E-state index in [4.69, 9.17) is 0 Å². The first kappa shape index (κ1) is 15.4. The summed E-state index contributed by atoms with van der Waals surface area (Å²) in [6, 6.07) is 10.6. The van der Waals surface area contributed by atoms with Crippen molar-refractivity contribution in [1.29, 1.82) is 0 Å². The van der Waals surface area contributed by atoms with Gasteiger partial charge in [0.1, 0.15) is 4.60 Å². The highest BCUT2D eigenvalue weighted by atomic mass is 79.9. The third-order valence-electron chi connectivity index (χ3n) is 3.13. The topological polar surface area (TPSA) is 68.1 Å². The normalized spacial score (nSPS) is 11.9. The summed E-state index contributed by atoms with van der Waals surface area (Å²) in [5, 5.41) is 14.3. The third kappa shape index (κ3) is 4.26. The van der Waals surface area contributed by atoms with E-state index in [0.29, 0.717) is 0 Å². The Kier molecular flexibility index (Phi) is 5.27. The van der Waals surface area contributed by atoms with Gasteiger partial charge in [-0.15, -0.1) is 0 Å². The van der Waals surface area contributed by atoms with Crippen LogP contribution in [0.25, 0.3) is 0 Å². The Bertz CT molecular complexity index is 617. The number of anilines is 1. The lowest BCUT2D eigenvalue weighted by molar-refractivity contribution is -0.384. The highest BCUT2D eigenvalue weighted by Gasteiger charge is 2.14. The van der Waals surface area contributed by atoms with Crippen LogP contribution in [0.2, 0.25) is 0 Å². The van der Waals surface area contributed by atoms with Gasteiger partial charge in [0.2, 0.25) is 0 Å². The van der Waals surface area contributed by atoms with E-state index in [0.717, 1.165) is 28.7 Å². The van der Waals surface area contributed by atoms with Crippen LogP contribution in [0, 0.1) is 10.1 Å². The number of pyridine rings is 1. The molecule has 6 heteroatoms. The third-order valence-corrected chi connectivity index (χ3v) is 3.60. The molecule has 0 saturated heterocycles. The van der Waals surface area contributed by atoms with E-state index in [-0.39, 0.29) is 16.7 Å². The van der Waals surface area contributed by atoms with Crippen LogP contribution in [0.1, 0.15) is 31.4 Å². The summed E-state index contributed by atoms with van der Waals surface area (Å²) in [5.74, 6) is 0. The van der Waals surface area contributed by atoms with Crippen LogP contribution in [0.4, 0.5) is 11.4 Å². The number of nitro groups is 1. The lowest BCUT2D eigenvalue weighted by Crippen LogP contribution is -2.11. The number of nitro benzene ring substituents is 1. The minimum absolute atomic E-state index is 0.0258. The van der Waals surface area contributed by atoms with Gasteiger partial charge in [0.25, 0.3) is 5.69 Å². The van der Waals surface area contributed by atoms with Gasteiger partial charge in [-0.3, -0.25) is 10.1 Å². The summed E-state index contributed by atoms with van der Waals surface area (Å²) in [7, 11) is 0. The number of non-ortho nitro benzene ring substituents is 1. The largest absolute Gasteiger partial charge is 0.377 e. The molecule has 0 amide bonds. The maximum absolute atomic E-state index is 10.9. The van der Waals surface area contributed by atoms with Gasteiger partial charge in [-0.1, -0.05) is 25.5 Å². The van der Waals surface area contributed by atoms with Crippen molar-refractivity contribution in [2.75, 3.05) is 5.32 Å². The summed E-state index contributed by atoms with van der Waals surface area (Å²) < 4.78 is 0.774. The van der Waals surface area contributed by atoms with Crippen molar-refractivity contribution in [3.05, 3.63) is 62.9 Å². The Balaban J connectivity index is 2.23. The predicted molar refractivity (Wildman–Crippen MR) is 86.3 cm³/mol. The quantitative estimate of drug-likeness (QED) is 0.466. The van der Waals surface area contributed by atoms with Gasteiger partial charge >= 0.3 is 0 Å². The first-order valence-electron chi connectivity index (χ1n) is 6.72. The molecule has 110 valence electrons. The van der Waals surface area contributed by atoms with Crippen molar-refractivity contribution in [2.45, 2.75) is 25.8 Å². The van der Waals surface area contributed by atoms with Crippen molar-refractivity contribution < 1.29 is 4.92 Å². The monoisotopic (exact) mass is 349 g/mol. The minimum atomic E-state index is -0.367. The zero-order valence-corrected chi connectivity index (χ0v) is 13.2. The molecule has 0 fully saturated rings. The lowest BCUT2D eigenvalue weighted by atomic mass is 10.0. The molecule has 0 spiro atoms. The first-order chi connectivity index (χ1) is 10.1. The highest BCUT2D eigenvalue weighted by molar-refractivity contribution is 9.10. The molecule has 1 N–H and O–H groups in total. The fraction of sp³-hybridized carbons (Fsp3) is 0.267. The summed E-state index contributed by atoms with van der Waals surface area (Å²) in [6.07, 6.45) is 3.60. The Labute approximate surface area is 131 Å². The van der Waals surface area contributed by atoms with Gasteiger partial charge in [0.05, 0.1) is 22.8 Å².